The van der Waals surface area contributed by atoms with Crippen molar-refractivity contribution in [3.8, 4) is 0 Å². The molecule has 0 aromatic carbocycles. The highest BCUT2D eigenvalue weighted by Crippen LogP contribution is 1.97. The minimum absolute atomic E-state index is 0.157. The second kappa shape index (κ2) is 4.23. The first kappa shape index (κ1) is 10.7. The lowest BCUT2D eigenvalue weighted by atomic mass is 10.1. The van der Waals surface area contributed by atoms with Crippen molar-refractivity contribution in [2.45, 2.75) is 26.0 Å². The van der Waals surface area contributed by atoms with Crippen molar-refractivity contribution >= 4 is 5.91 Å². The molecule has 0 saturated heterocycles. The van der Waals surface area contributed by atoms with E-state index in [1.165, 1.54) is 4.68 Å². The van der Waals surface area contributed by atoms with E-state index in [0.29, 0.717) is 0 Å². The van der Waals surface area contributed by atoms with E-state index in [-0.39, 0.29) is 19.0 Å². The van der Waals surface area contributed by atoms with Crippen LogP contribution < -0.4 is 5.32 Å². The minimum Gasteiger partial charge on any atom is -0.389 e. The first-order valence-electron chi connectivity index (χ1n) is 4.44. The number of carbonyl (C=O) groups excluding carboxylic acids is 1. The van der Waals surface area contributed by atoms with E-state index < -0.39 is 5.60 Å². The average molecular weight is 197 g/mol. The van der Waals surface area contributed by atoms with Crippen LogP contribution in [0.4, 0.5) is 0 Å². The highest BCUT2D eigenvalue weighted by Gasteiger charge is 2.13. The summed E-state index contributed by atoms with van der Waals surface area (Å²) >= 11 is 0. The Labute approximate surface area is 82.7 Å². The molecule has 0 fully saturated rings. The summed E-state index contributed by atoms with van der Waals surface area (Å²) in [5.41, 5.74) is -0.875. The molecule has 1 rings (SSSR count). The first-order valence-corrected chi connectivity index (χ1v) is 4.44. The van der Waals surface area contributed by atoms with Crippen LogP contribution in [0.3, 0.4) is 0 Å². The van der Waals surface area contributed by atoms with Gasteiger partial charge in [-0.15, -0.1) is 0 Å². The SMILES string of the molecule is CC(C)(O)CNC(=O)Cn1cccn1. The lowest BCUT2D eigenvalue weighted by Crippen LogP contribution is -2.39. The fraction of sp³-hybridized carbons (Fsp3) is 0.556. The van der Waals surface area contributed by atoms with Crippen LogP contribution in [0.5, 0.6) is 0 Å². The predicted octanol–water partition coefficient (Wildman–Crippen LogP) is -0.230. The van der Waals surface area contributed by atoms with Gasteiger partial charge < -0.3 is 10.4 Å². The maximum absolute atomic E-state index is 11.3. The van der Waals surface area contributed by atoms with Gasteiger partial charge in [0.2, 0.25) is 5.91 Å². The van der Waals surface area contributed by atoms with Gasteiger partial charge in [-0.2, -0.15) is 5.10 Å². The molecule has 1 aromatic rings. The van der Waals surface area contributed by atoms with Crippen LogP contribution in [-0.4, -0.2) is 32.9 Å². The fourth-order valence-electron chi connectivity index (χ4n) is 0.912. The van der Waals surface area contributed by atoms with Crippen LogP contribution in [0.15, 0.2) is 18.5 Å². The number of aromatic nitrogens is 2. The van der Waals surface area contributed by atoms with Gasteiger partial charge in [0.25, 0.3) is 0 Å². The third kappa shape index (κ3) is 4.04. The Morgan fingerprint density at radius 2 is 2.36 bits per heavy atom. The smallest absolute Gasteiger partial charge is 0.241 e. The largest absolute Gasteiger partial charge is 0.389 e. The number of rotatable bonds is 4. The van der Waals surface area contributed by atoms with E-state index in [2.05, 4.69) is 10.4 Å². The van der Waals surface area contributed by atoms with Crippen LogP contribution >= 0.6 is 0 Å². The Morgan fingerprint density at radius 1 is 1.64 bits per heavy atom. The molecule has 5 nitrogen and oxygen atoms in total. The van der Waals surface area contributed by atoms with Crippen LogP contribution in [0.2, 0.25) is 0 Å². The van der Waals surface area contributed by atoms with Crippen LogP contribution in [0.1, 0.15) is 13.8 Å². The summed E-state index contributed by atoms with van der Waals surface area (Å²) < 4.78 is 1.53. The lowest BCUT2D eigenvalue weighted by Gasteiger charge is -2.17. The summed E-state index contributed by atoms with van der Waals surface area (Å²) in [4.78, 5) is 11.3. The Balaban J connectivity index is 2.30. The van der Waals surface area contributed by atoms with Crippen LogP contribution in [0.25, 0.3) is 0 Å². The van der Waals surface area contributed by atoms with E-state index in [0.717, 1.165) is 0 Å². The van der Waals surface area contributed by atoms with Gasteiger partial charge in [-0.3, -0.25) is 9.48 Å². The van der Waals surface area contributed by atoms with Gasteiger partial charge in [0.05, 0.1) is 5.60 Å². The highest BCUT2D eigenvalue weighted by molar-refractivity contribution is 5.75. The standard InChI is InChI=1S/C9H15N3O2/c1-9(2,14)7-10-8(13)6-12-5-3-4-11-12/h3-5,14H,6-7H2,1-2H3,(H,10,13). The van der Waals surface area contributed by atoms with E-state index in [1.807, 2.05) is 0 Å². The topological polar surface area (TPSA) is 67.2 Å². The molecule has 1 amide bonds. The Morgan fingerprint density at radius 3 is 2.86 bits per heavy atom. The third-order valence-electron chi connectivity index (χ3n) is 1.58. The number of amides is 1. The summed E-state index contributed by atoms with van der Waals surface area (Å²) in [5.74, 6) is -0.157. The van der Waals surface area contributed by atoms with Crippen molar-refractivity contribution in [3.05, 3.63) is 18.5 Å². The van der Waals surface area contributed by atoms with Crippen molar-refractivity contribution in [1.29, 1.82) is 0 Å². The summed E-state index contributed by atoms with van der Waals surface area (Å²) in [6, 6.07) is 1.75. The van der Waals surface area contributed by atoms with Crippen molar-refractivity contribution in [1.82, 2.24) is 15.1 Å². The number of aliphatic hydroxyl groups is 1. The third-order valence-corrected chi connectivity index (χ3v) is 1.58. The number of nitrogens with one attached hydrogen (secondary N) is 1. The summed E-state index contributed by atoms with van der Waals surface area (Å²) in [6.07, 6.45) is 3.33. The molecular weight excluding hydrogens is 182 g/mol. The van der Waals surface area contributed by atoms with Gasteiger partial charge >= 0.3 is 0 Å². The molecule has 0 bridgehead atoms. The van der Waals surface area contributed by atoms with Gasteiger partial charge in [-0.05, 0) is 19.9 Å². The summed E-state index contributed by atoms with van der Waals surface area (Å²) in [7, 11) is 0. The van der Waals surface area contributed by atoms with Crippen LogP contribution in [-0.2, 0) is 11.3 Å². The molecule has 0 atom stereocenters. The zero-order valence-corrected chi connectivity index (χ0v) is 8.40. The molecule has 0 aliphatic carbocycles. The highest BCUT2D eigenvalue weighted by atomic mass is 16.3. The number of carbonyl (C=O) groups is 1. The Bertz CT molecular complexity index is 288. The molecule has 14 heavy (non-hydrogen) atoms. The van der Waals surface area contributed by atoms with Crippen molar-refractivity contribution in [3.63, 3.8) is 0 Å². The molecule has 5 heteroatoms. The normalized spacial score (nSPS) is 11.4. The second-order valence-electron chi connectivity index (χ2n) is 3.79. The van der Waals surface area contributed by atoms with Gasteiger partial charge in [-0.25, -0.2) is 0 Å². The maximum Gasteiger partial charge on any atom is 0.241 e. The van der Waals surface area contributed by atoms with E-state index in [1.54, 1.807) is 32.3 Å². The Kier molecular flexibility index (Phi) is 3.24. The van der Waals surface area contributed by atoms with Crippen molar-refractivity contribution in [2.24, 2.45) is 0 Å². The van der Waals surface area contributed by atoms with Crippen molar-refractivity contribution in [2.75, 3.05) is 6.54 Å². The molecule has 0 spiro atoms. The predicted molar refractivity (Wildman–Crippen MR) is 51.5 cm³/mol. The number of hydrogen-bond donors (Lipinski definition) is 2. The zero-order valence-electron chi connectivity index (χ0n) is 8.40. The van der Waals surface area contributed by atoms with Gasteiger partial charge in [0.1, 0.15) is 6.54 Å². The monoisotopic (exact) mass is 197 g/mol. The molecule has 0 saturated carbocycles. The van der Waals surface area contributed by atoms with Gasteiger partial charge in [0, 0.05) is 18.9 Å². The second-order valence-corrected chi connectivity index (χ2v) is 3.79. The molecule has 0 aliphatic rings. The molecular formula is C9H15N3O2. The average Bonchev–Trinajstić information content (AvgIpc) is 2.52. The van der Waals surface area contributed by atoms with E-state index >= 15 is 0 Å². The summed E-state index contributed by atoms with van der Waals surface area (Å²) in [6.45, 7) is 3.71. The number of hydrogen-bond acceptors (Lipinski definition) is 3. The van der Waals surface area contributed by atoms with E-state index in [4.69, 9.17) is 0 Å². The van der Waals surface area contributed by atoms with Gasteiger partial charge in [-0.1, -0.05) is 0 Å². The number of nitrogens with zero attached hydrogens (tertiary/aromatic N) is 2. The fourth-order valence-corrected chi connectivity index (χ4v) is 0.912. The first-order chi connectivity index (χ1) is 6.47. The molecule has 0 aliphatic heterocycles. The molecule has 0 radical (unpaired) electrons. The lowest BCUT2D eigenvalue weighted by molar-refractivity contribution is -0.122. The minimum atomic E-state index is -0.875. The molecule has 0 unspecified atom stereocenters. The van der Waals surface area contributed by atoms with Crippen LogP contribution in [0, 0.1) is 0 Å². The maximum atomic E-state index is 11.3. The van der Waals surface area contributed by atoms with Crippen molar-refractivity contribution < 1.29 is 9.90 Å². The van der Waals surface area contributed by atoms with Gasteiger partial charge in [0.15, 0.2) is 0 Å². The summed E-state index contributed by atoms with van der Waals surface area (Å²) in [5, 5.41) is 15.9. The molecule has 78 valence electrons. The molecule has 1 heterocycles. The molecule has 2 N–H and O–H groups in total. The Hall–Kier alpha value is -1.36. The quantitative estimate of drug-likeness (QED) is 0.700. The zero-order chi connectivity index (χ0) is 10.6. The van der Waals surface area contributed by atoms with E-state index in [9.17, 15) is 9.90 Å². The molecule has 1 aromatic heterocycles.